The smallest absolute Gasteiger partial charge is 0.328 e. The van der Waals surface area contributed by atoms with E-state index in [1.54, 1.807) is 13.0 Å². The fourth-order valence-electron chi connectivity index (χ4n) is 2.73. The molecule has 120 valence electrons. The topological polar surface area (TPSA) is 29.3 Å². The first-order chi connectivity index (χ1) is 9.27. The number of aryl methyl sites for hydroxylation is 1. The second-order valence-corrected chi connectivity index (χ2v) is 5.78. The van der Waals surface area contributed by atoms with Crippen LogP contribution in [0.5, 0.6) is 0 Å². The molecule has 0 saturated carbocycles. The molecule has 0 spiro atoms. The summed E-state index contributed by atoms with van der Waals surface area (Å²) in [5.74, 6) is 0.491. The number of rotatable bonds is 3. The van der Waals surface area contributed by atoms with Gasteiger partial charge in [-0.3, -0.25) is 4.90 Å². The SMILES string of the molecule is Cc1cc(C(F)(F)F)ccc1CN1CCC(C(C)N)C1.Cl. The van der Waals surface area contributed by atoms with E-state index in [9.17, 15) is 13.2 Å². The Labute approximate surface area is 129 Å². The van der Waals surface area contributed by atoms with Gasteiger partial charge >= 0.3 is 6.18 Å². The van der Waals surface area contributed by atoms with E-state index in [0.717, 1.165) is 25.1 Å². The van der Waals surface area contributed by atoms with Crippen LogP contribution in [0.1, 0.15) is 30.0 Å². The average molecular weight is 323 g/mol. The highest BCUT2D eigenvalue weighted by atomic mass is 35.5. The van der Waals surface area contributed by atoms with Crippen LogP contribution in [0, 0.1) is 12.8 Å². The molecule has 1 heterocycles. The van der Waals surface area contributed by atoms with Crippen LogP contribution < -0.4 is 5.73 Å². The van der Waals surface area contributed by atoms with Gasteiger partial charge in [-0.25, -0.2) is 0 Å². The molecule has 2 nitrogen and oxygen atoms in total. The van der Waals surface area contributed by atoms with E-state index < -0.39 is 11.7 Å². The lowest BCUT2D eigenvalue weighted by molar-refractivity contribution is -0.137. The second-order valence-electron chi connectivity index (χ2n) is 5.78. The third-order valence-corrected chi connectivity index (χ3v) is 4.12. The molecular weight excluding hydrogens is 301 g/mol. The van der Waals surface area contributed by atoms with Crippen molar-refractivity contribution in [1.29, 1.82) is 0 Å². The van der Waals surface area contributed by atoms with Gasteiger partial charge in [0, 0.05) is 19.1 Å². The molecule has 2 rings (SSSR count). The number of hydrogen-bond acceptors (Lipinski definition) is 2. The molecule has 1 aliphatic rings. The molecule has 2 unspecified atom stereocenters. The van der Waals surface area contributed by atoms with Gasteiger partial charge in [-0.2, -0.15) is 13.2 Å². The molecule has 6 heteroatoms. The van der Waals surface area contributed by atoms with E-state index in [2.05, 4.69) is 4.90 Å². The summed E-state index contributed by atoms with van der Waals surface area (Å²) < 4.78 is 37.9. The maximum atomic E-state index is 12.6. The fourth-order valence-corrected chi connectivity index (χ4v) is 2.73. The lowest BCUT2D eigenvalue weighted by atomic mass is 10.0. The third-order valence-electron chi connectivity index (χ3n) is 4.12. The van der Waals surface area contributed by atoms with E-state index in [4.69, 9.17) is 5.73 Å². The fraction of sp³-hybridized carbons (Fsp3) is 0.600. The van der Waals surface area contributed by atoms with Crippen molar-refractivity contribution < 1.29 is 13.2 Å². The quantitative estimate of drug-likeness (QED) is 0.921. The van der Waals surface area contributed by atoms with Crippen molar-refractivity contribution in [2.45, 2.75) is 39.0 Å². The Balaban J connectivity index is 0.00000220. The van der Waals surface area contributed by atoms with E-state index in [1.807, 2.05) is 6.92 Å². The molecule has 0 bridgehead atoms. The molecule has 2 N–H and O–H groups in total. The molecule has 21 heavy (non-hydrogen) atoms. The van der Waals surface area contributed by atoms with Gasteiger partial charge in [-0.1, -0.05) is 6.07 Å². The van der Waals surface area contributed by atoms with Gasteiger partial charge < -0.3 is 5.73 Å². The lowest BCUT2D eigenvalue weighted by Crippen LogP contribution is -2.29. The predicted octanol–water partition coefficient (Wildman–Crippen LogP) is 3.60. The number of nitrogens with zero attached hydrogens (tertiary/aromatic N) is 1. The van der Waals surface area contributed by atoms with Crippen LogP contribution in [0.4, 0.5) is 13.2 Å². The summed E-state index contributed by atoms with van der Waals surface area (Å²) in [6.45, 7) is 6.35. The Morgan fingerprint density at radius 1 is 1.38 bits per heavy atom. The first kappa shape index (κ1) is 18.3. The highest BCUT2D eigenvalue weighted by Crippen LogP contribution is 2.31. The van der Waals surface area contributed by atoms with Crippen LogP contribution in [0.25, 0.3) is 0 Å². The number of nitrogens with two attached hydrogens (primary N) is 1. The normalized spacial score (nSPS) is 21.1. The van der Waals surface area contributed by atoms with Crippen LogP contribution in [-0.2, 0) is 12.7 Å². The molecule has 1 fully saturated rings. The summed E-state index contributed by atoms with van der Waals surface area (Å²) >= 11 is 0. The summed E-state index contributed by atoms with van der Waals surface area (Å²) in [5, 5.41) is 0. The monoisotopic (exact) mass is 322 g/mol. The van der Waals surface area contributed by atoms with Crippen LogP contribution in [0.2, 0.25) is 0 Å². The zero-order valence-corrected chi connectivity index (χ0v) is 13.1. The zero-order valence-electron chi connectivity index (χ0n) is 12.3. The van der Waals surface area contributed by atoms with E-state index >= 15 is 0 Å². The Hall–Kier alpha value is -0.780. The summed E-state index contributed by atoms with van der Waals surface area (Å²) in [7, 11) is 0. The molecule has 1 aromatic rings. The van der Waals surface area contributed by atoms with E-state index in [0.29, 0.717) is 18.0 Å². The summed E-state index contributed by atoms with van der Waals surface area (Å²) in [5.41, 5.74) is 6.98. The van der Waals surface area contributed by atoms with Gasteiger partial charge in [-0.05, 0) is 56.0 Å². The molecule has 1 saturated heterocycles. The van der Waals surface area contributed by atoms with Crippen LogP contribution in [-0.4, -0.2) is 24.0 Å². The Kier molecular flexibility index (Phi) is 6.08. The summed E-state index contributed by atoms with van der Waals surface area (Å²) in [6.07, 6.45) is -3.20. The van der Waals surface area contributed by atoms with Crippen molar-refractivity contribution in [3.8, 4) is 0 Å². The number of halogens is 4. The van der Waals surface area contributed by atoms with Crippen LogP contribution >= 0.6 is 12.4 Å². The first-order valence-electron chi connectivity index (χ1n) is 6.92. The summed E-state index contributed by atoms with van der Waals surface area (Å²) in [4.78, 5) is 2.27. The largest absolute Gasteiger partial charge is 0.416 e. The van der Waals surface area contributed by atoms with E-state index in [-0.39, 0.29) is 18.4 Å². The molecule has 1 aliphatic heterocycles. The first-order valence-corrected chi connectivity index (χ1v) is 6.92. The predicted molar refractivity (Wildman–Crippen MR) is 80.5 cm³/mol. The number of hydrogen-bond donors (Lipinski definition) is 1. The van der Waals surface area contributed by atoms with Gasteiger partial charge in [0.1, 0.15) is 0 Å². The Morgan fingerprint density at radius 2 is 2.05 bits per heavy atom. The number of likely N-dealkylation sites (tertiary alicyclic amines) is 1. The van der Waals surface area contributed by atoms with E-state index in [1.165, 1.54) is 12.1 Å². The van der Waals surface area contributed by atoms with Crippen molar-refractivity contribution in [1.82, 2.24) is 4.90 Å². The maximum Gasteiger partial charge on any atom is 0.416 e. The van der Waals surface area contributed by atoms with Crippen molar-refractivity contribution in [3.63, 3.8) is 0 Å². The van der Waals surface area contributed by atoms with Gasteiger partial charge in [0.05, 0.1) is 5.56 Å². The van der Waals surface area contributed by atoms with Gasteiger partial charge in [-0.15, -0.1) is 12.4 Å². The lowest BCUT2D eigenvalue weighted by Gasteiger charge is -2.19. The molecule has 1 aromatic carbocycles. The minimum Gasteiger partial charge on any atom is -0.328 e. The van der Waals surface area contributed by atoms with Crippen molar-refractivity contribution in [3.05, 3.63) is 34.9 Å². The minimum absolute atomic E-state index is 0. The maximum absolute atomic E-state index is 12.6. The van der Waals surface area contributed by atoms with Gasteiger partial charge in [0.2, 0.25) is 0 Å². The second kappa shape index (κ2) is 6.99. The van der Waals surface area contributed by atoms with Gasteiger partial charge in [0.15, 0.2) is 0 Å². The highest BCUT2D eigenvalue weighted by molar-refractivity contribution is 5.85. The summed E-state index contributed by atoms with van der Waals surface area (Å²) in [6, 6.07) is 4.17. The molecule has 0 aliphatic carbocycles. The molecule has 0 aromatic heterocycles. The van der Waals surface area contributed by atoms with Gasteiger partial charge in [0.25, 0.3) is 0 Å². The highest BCUT2D eigenvalue weighted by Gasteiger charge is 2.31. The molecule has 0 radical (unpaired) electrons. The molecule has 2 atom stereocenters. The zero-order chi connectivity index (χ0) is 14.9. The third kappa shape index (κ3) is 4.59. The Bertz CT molecular complexity index is 474. The van der Waals surface area contributed by atoms with Crippen LogP contribution in [0.15, 0.2) is 18.2 Å². The van der Waals surface area contributed by atoms with Crippen LogP contribution in [0.3, 0.4) is 0 Å². The van der Waals surface area contributed by atoms with Crippen molar-refractivity contribution in [2.24, 2.45) is 11.7 Å². The van der Waals surface area contributed by atoms with Crippen molar-refractivity contribution >= 4 is 12.4 Å². The standard InChI is InChI=1S/C15H21F3N2.ClH/c1-10-7-14(15(16,17)18)4-3-12(10)8-20-6-5-13(9-20)11(2)19;/h3-4,7,11,13H,5-6,8-9,19H2,1-2H3;1H. The Morgan fingerprint density at radius 3 is 2.52 bits per heavy atom. The molecular formula is C15H22ClF3N2. The number of alkyl halides is 3. The average Bonchev–Trinajstić information content (AvgIpc) is 2.79. The minimum atomic E-state index is -4.27. The number of benzene rings is 1. The van der Waals surface area contributed by atoms with Crippen molar-refractivity contribution in [2.75, 3.05) is 13.1 Å². The molecule has 0 amide bonds.